The number of aryl methyl sites for hydroxylation is 2. The monoisotopic (exact) mass is 524 g/mol. The zero-order chi connectivity index (χ0) is 23.4. The third-order valence-electron chi connectivity index (χ3n) is 4.55. The summed E-state index contributed by atoms with van der Waals surface area (Å²) in [6.07, 6.45) is 1.73. The van der Waals surface area contributed by atoms with E-state index in [-0.39, 0.29) is 4.90 Å². The number of sulfonamides is 1. The van der Waals surface area contributed by atoms with E-state index in [1.165, 1.54) is 6.07 Å². The van der Waals surface area contributed by atoms with Crippen molar-refractivity contribution in [2.45, 2.75) is 18.7 Å². The Morgan fingerprint density at radius 2 is 1.45 bits per heavy atom. The lowest BCUT2D eigenvalue weighted by atomic mass is 10.3. The van der Waals surface area contributed by atoms with Crippen molar-refractivity contribution in [3.63, 3.8) is 0 Å². The van der Waals surface area contributed by atoms with E-state index in [0.717, 1.165) is 11.3 Å². The number of rotatable bonds is 7. The van der Waals surface area contributed by atoms with Gasteiger partial charge in [-0.15, -0.1) is 0 Å². The molecule has 2 aromatic carbocycles. The summed E-state index contributed by atoms with van der Waals surface area (Å²) >= 11 is 3.28. The van der Waals surface area contributed by atoms with Gasteiger partial charge in [0, 0.05) is 28.1 Å². The second-order valence-corrected chi connectivity index (χ2v) is 9.77. The van der Waals surface area contributed by atoms with Crippen molar-refractivity contribution in [1.29, 1.82) is 0 Å². The average molecular weight is 525 g/mol. The Morgan fingerprint density at radius 3 is 2.15 bits per heavy atom. The SMILES string of the molecule is Cc1ccnc(Nc2cc(Nc3ccc(NS(=O)(=O)c4ccccc4Br)cc3)nc(C)n2)c1. The molecule has 0 bridgehead atoms. The number of benzene rings is 2. The Bertz CT molecular complexity index is 1390. The number of pyridine rings is 1. The molecule has 0 amide bonds. The lowest BCUT2D eigenvalue weighted by Crippen LogP contribution is -2.13. The molecule has 0 aliphatic rings. The largest absolute Gasteiger partial charge is 0.340 e. The maximum atomic E-state index is 12.7. The van der Waals surface area contributed by atoms with Crippen LogP contribution in [0.3, 0.4) is 0 Å². The minimum absolute atomic E-state index is 0.173. The van der Waals surface area contributed by atoms with E-state index in [4.69, 9.17) is 0 Å². The van der Waals surface area contributed by atoms with Crippen molar-refractivity contribution in [1.82, 2.24) is 15.0 Å². The molecular weight excluding hydrogens is 504 g/mol. The van der Waals surface area contributed by atoms with Gasteiger partial charge in [-0.05, 0) is 83.9 Å². The first-order valence-electron chi connectivity index (χ1n) is 9.98. The van der Waals surface area contributed by atoms with Gasteiger partial charge in [-0.1, -0.05) is 12.1 Å². The quantitative estimate of drug-likeness (QED) is 0.291. The van der Waals surface area contributed by atoms with Gasteiger partial charge < -0.3 is 10.6 Å². The van der Waals surface area contributed by atoms with Crippen molar-refractivity contribution in [3.8, 4) is 0 Å². The second-order valence-electron chi connectivity index (χ2n) is 7.27. The Balaban J connectivity index is 1.48. The molecule has 2 heterocycles. The van der Waals surface area contributed by atoms with Crippen LogP contribution in [0, 0.1) is 13.8 Å². The highest BCUT2D eigenvalue weighted by Crippen LogP contribution is 2.25. The van der Waals surface area contributed by atoms with Crippen LogP contribution in [0.4, 0.5) is 28.8 Å². The molecule has 0 fully saturated rings. The molecule has 0 atom stereocenters. The van der Waals surface area contributed by atoms with Crippen LogP contribution < -0.4 is 15.4 Å². The maximum Gasteiger partial charge on any atom is 0.263 e. The summed E-state index contributed by atoms with van der Waals surface area (Å²) in [4.78, 5) is 13.3. The molecule has 0 unspecified atom stereocenters. The maximum absolute atomic E-state index is 12.7. The minimum atomic E-state index is -3.71. The van der Waals surface area contributed by atoms with Gasteiger partial charge in [0.15, 0.2) is 0 Å². The molecule has 4 rings (SSSR count). The summed E-state index contributed by atoms with van der Waals surface area (Å²) in [7, 11) is -3.71. The van der Waals surface area contributed by atoms with Crippen LogP contribution in [0.2, 0.25) is 0 Å². The van der Waals surface area contributed by atoms with Gasteiger partial charge in [0.2, 0.25) is 0 Å². The van der Waals surface area contributed by atoms with Crippen molar-refractivity contribution >= 4 is 54.8 Å². The van der Waals surface area contributed by atoms with E-state index in [0.29, 0.717) is 33.4 Å². The summed E-state index contributed by atoms with van der Waals surface area (Å²) in [5.74, 6) is 2.49. The van der Waals surface area contributed by atoms with Crippen LogP contribution in [0.5, 0.6) is 0 Å². The Morgan fingerprint density at radius 1 is 0.788 bits per heavy atom. The van der Waals surface area contributed by atoms with E-state index in [2.05, 4.69) is 46.2 Å². The Labute approximate surface area is 200 Å². The van der Waals surface area contributed by atoms with E-state index in [1.54, 1.807) is 61.7 Å². The number of hydrogen-bond donors (Lipinski definition) is 3. The molecule has 10 heteroatoms. The molecule has 4 aromatic rings. The molecule has 3 N–H and O–H groups in total. The highest BCUT2D eigenvalue weighted by Gasteiger charge is 2.17. The fourth-order valence-corrected chi connectivity index (χ4v) is 5.14. The van der Waals surface area contributed by atoms with Crippen molar-refractivity contribution in [2.24, 2.45) is 0 Å². The molecule has 0 radical (unpaired) electrons. The molecule has 8 nitrogen and oxygen atoms in total. The lowest BCUT2D eigenvalue weighted by Gasteiger charge is -2.12. The highest BCUT2D eigenvalue weighted by molar-refractivity contribution is 9.10. The summed E-state index contributed by atoms with van der Waals surface area (Å²) in [6, 6.07) is 19.2. The van der Waals surface area contributed by atoms with Crippen LogP contribution in [0.15, 0.2) is 82.3 Å². The van der Waals surface area contributed by atoms with Crippen LogP contribution in [-0.2, 0) is 10.0 Å². The van der Waals surface area contributed by atoms with Crippen LogP contribution >= 0.6 is 15.9 Å². The van der Waals surface area contributed by atoms with Crippen LogP contribution in [0.25, 0.3) is 0 Å². The van der Waals surface area contributed by atoms with Crippen molar-refractivity contribution in [3.05, 3.63) is 88.8 Å². The zero-order valence-electron chi connectivity index (χ0n) is 17.9. The third kappa shape index (κ3) is 5.85. The van der Waals surface area contributed by atoms with Crippen molar-refractivity contribution < 1.29 is 8.42 Å². The normalized spacial score (nSPS) is 11.1. The van der Waals surface area contributed by atoms with Gasteiger partial charge in [0.1, 0.15) is 28.2 Å². The average Bonchev–Trinajstić information content (AvgIpc) is 2.75. The summed E-state index contributed by atoms with van der Waals surface area (Å²) in [5, 5.41) is 6.40. The van der Waals surface area contributed by atoms with E-state index in [9.17, 15) is 8.42 Å². The van der Waals surface area contributed by atoms with Gasteiger partial charge in [-0.2, -0.15) is 0 Å². The predicted octanol–water partition coefficient (Wildman–Crippen LogP) is 5.54. The number of halogens is 1. The van der Waals surface area contributed by atoms with Crippen LogP contribution in [0.1, 0.15) is 11.4 Å². The topological polar surface area (TPSA) is 109 Å². The molecule has 2 aromatic heterocycles. The van der Waals surface area contributed by atoms with Gasteiger partial charge in [0.25, 0.3) is 10.0 Å². The highest BCUT2D eigenvalue weighted by atomic mass is 79.9. The predicted molar refractivity (Wildman–Crippen MR) is 134 cm³/mol. The first-order valence-corrected chi connectivity index (χ1v) is 12.3. The number of anilines is 5. The molecule has 0 saturated heterocycles. The number of hydrogen-bond acceptors (Lipinski definition) is 7. The van der Waals surface area contributed by atoms with Crippen LogP contribution in [-0.4, -0.2) is 23.4 Å². The zero-order valence-corrected chi connectivity index (χ0v) is 20.3. The van der Waals surface area contributed by atoms with E-state index < -0.39 is 10.0 Å². The Kier molecular flexibility index (Phi) is 6.57. The molecule has 0 aliphatic heterocycles. The van der Waals surface area contributed by atoms with Gasteiger partial charge >= 0.3 is 0 Å². The number of nitrogens with one attached hydrogen (secondary N) is 3. The Hall–Kier alpha value is -3.50. The summed E-state index contributed by atoms with van der Waals surface area (Å²) in [5.41, 5.74) is 2.28. The van der Waals surface area contributed by atoms with Gasteiger partial charge in [-0.25, -0.2) is 23.4 Å². The lowest BCUT2D eigenvalue weighted by molar-refractivity contribution is 0.601. The fraction of sp³-hybridized carbons (Fsp3) is 0.0870. The smallest absolute Gasteiger partial charge is 0.263 e. The standard InChI is InChI=1S/C23H21BrN6O2S/c1-15-11-12-25-21(13-15)29-23-14-22(26-16(2)27-23)28-17-7-9-18(10-8-17)30-33(31,32)20-6-4-3-5-19(20)24/h3-14,30H,1-2H3,(H2,25,26,27,28,29). The third-order valence-corrected chi connectivity index (χ3v) is 6.94. The van der Waals surface area contributed by atoms with Gasteiger partial charge in [-0.3, -0.25) is 4.72 Å². The number of aromatic nitrogens is 3. The number of nitrogens with zero attached hydrogens (tertiary/aromatic N) is 3. The molecule has 0 saturated carbocycles. The summed E-state index contributed by atoms with van der Waals surface area (Å²) in [6.45, 7) is 3.80. The first-order chi connectivity index (χ1) is 15.8. The first kappa shape index (κ1) is 22.7. The molecular formula is C23H21BrN6O2S. The molecule has 0 spiro atoms. The van der Waals surface area contributed by atoms with E-state index >= 15 is 0 Å². The molecule has 33 heavy (non-hydrogen) atoms. The van der Waals surface area contributed by atoms with Crippen molar-refractivity contribution in [2.75, 3.05) is 15.4 Å². The fourth-order valence-electron chi connectivity index (χ4n) is 3.07. The second kappa shape index (κ2) is 9.55. The summed E-state index contributed by atoms with van der Waals surface area (Å²) < 4.78 is 28.4. The molecule has 0 aliphatic carbocycles. The van der Waals surface area contributed by atoms with E-state index in [1.807, 2.05) is 19.1 Å². The molecule has 168 valence electrons. The van der Waals surface area contributed by atoms with Gasteiger partial charge in [0.05, 0.1) is 0 Å². The minimum Gasteiger partial charge on any atom is -0.340 e.